The Morgan fingerprint density at radius 2 is 2.12 bits per heavy atom. The summed E-state index contributed by atoms with van der Waals surface area (Å²) in [6.07, 6.45) is 5.18. The van der Waals surface area contributed by atoms with Crippen molar-refractivity contribution in [2.45, 2.75) is 13.5 Å². The Morgan fingerprint density at radius 3 is 2.75 bits per heavy atom. The molecular formula is C16H20N6O2. The van der Waals surface area contributed by atoms with Gasteiger partial charge in [-0.05, 0) is 13.0 Å². The Hall–Kier alpha value is -2.48. The first-order valence-corrected chi connectivity index (χ1v) is 8.05. The van der Waals surface area contributed by atoms with Gasteiger partial charge in [0.2, 0.25) is 5.95 Å². The second kappa shape index (κ2) is 5.55. The lowest BCUT2D eigenvalue weighted by Crippen LogP contribution is -2.41. The lowest BCUT2D eigenvalue weighted by atomic mass is 9.81. The number of carboxylic acid groups (broad SMARTS) is 1. The van der Waals surface area contributed by atoms with Gasteiger partial charge in [-0.2, -0.15) is 0 Å². The van der Waals surface area contributed by atoms with Crippen LogP contribution in [0.25, 0.3) is 0 Å². The topological polar surface area (TPSA) is 98.2 Å². The highest BCUT2D eigenvalue weighted by molar-refractivity contribution is 5.78. The Kier molecular flexibility index (Phi) is 3.49. The average molecular weight is 328 g/mol. The molecule has 24 heavy (non-hydrogen) atoms. The predicted molar refractivity (Wildman–Crippen MR) is 86.4 cm³/mol. The van der Waals surface area contributed by atoms with E-state index in [4.69, 9.17) is 0 Å². The number of nitrogens with zero attached hydrogens (tertiary/aromatic N) is 5. The quantitative estimate of drug-likeness (QED) is 0.845. The minimum absolute atomic E-state index is 0.0647. The summed E-state index contributed by atoms with van der Waals surface area (Å²) in [4.78, 5) is 32.3. The number of anilines is 1. The molecule has 0 aromatic carbocycles. The molecule has 0 amide bonds. The van der Waals surface area contributed by atoms with Crippen LogP contribution < -0.4 is 4.90 Å². The van der Waals surface area contributed by atoms with Gasteiger partial charge in [-0.25, -0.2) is 15.0 Å². The number of aliphatic carboxylic acids is 1. The molecule has 2 fully saturated rings. The van der Waals surface area contributed by atoms with E-state index in [0.29, 0.717) is 32.1 Å². The molecule has 0 bridgehead atoms. The first-order chi connectivity index (χ1) is 11.6. The van der Waals surface area contributed by atoms with E-state index in [1.165, 1.54) is 0 Å². The minimum Gasteiger partial charge on any atom is -0.481 e. The average Bonchev–Trinajstić information content (AvgIpc) is 3.21. The van der Waals surface area contributed by atoms with Crippen LogP contribution in [0.4, 0.5) is 5.95 Å². The van der Waals surface area contributed by atoms with Crippen molar-refractivity contribution in [3.8, 4) is 0 Å². The highest BCUT2D eigenvalue weighted by Crippen LogP contribution is 2.43. The fourth-order valence-corrected chi connectivity index (χ4v) is 3.96. The highest BCUT2D eigenvalue weighted by atomic mass is 16.4. The van der Waals surface area contributed by atoms with Gasteiger partial charge in [0.05, 0.1) is 6.54 Å². The number of fused-ring (bicyclic) bond motifs is 1. The molecule has 8 heteroatoms. The summed E-state index contributed by atoms with van der Waals surface area (Å²) in [7, 11) is 0. The summed E-state index contributed by atoms with van der Waals surface area (Å²) in [6, 6.07) is 1.76. The number of likely N-dealkylation sites (tertiary alicyclic amines) is 1. The second-order valence-corrected chi connectivity index (χ2v) is 6.77. The molecule has 2 saturated heterocycles. The van der Waals surface area contributed by atoms with Gasteiger partial charge < -0.3 is 15.0 Å². The Morgan fingerprint density at radius 1 is 1.33 bits per heavy atom. The second-order valence-electron chi connectivity index (χ2n) is 6.77. The van der Waals surface area contributed by atoms with Crippen LogP contribution >= 0.6 is 0 Å². The molecule has 2 aromatic rings. The van der Waals surface area contributed by atoms with E-state index < -0.39 is 11.4 Å². The van der Waals surface area contributed by atoms with Crippen LogP contribution in [-0.2, 0) is 11.3 Å². The van der Waals surface area contributed by atoms with Crippen LogP contribution in [0.2, 0.25) is 0 Å². The molecule has 0 unspecified atom stereocenters. The summed E-state index contributed by atoms with van der Waals surface area (Å²) in [6.45, 7) is 5.01. The number of rotatable bonds is 4. The third-order valence-electron chi connectivity index (χ3n) is 5.07. The van der Waals surface area contributed by atoms with E-state index in [2.05, 4.69) is 24.8 Å². The summed E-state index contributed by atoms with van der Waals surface area (Å²) in [5.41, 5.74) is 0.255. The monoisotopic (exact) mass is 328 g/mol. The van der Waals surface area contributed by atoms with E-state index >= 15 is 0 Å². The van der Waals surface area contributed by atoms with Crippen LogP contribution in [0.5, 0.6) is 0 Å². The Labute approximate surface area is 139 Å². The minimum atomic E-state index is -0.763. The maximum absolute atomic E-state index is 12.1. The Balaban J connectivity index is 1.52. The summed E-state index contributed by atoms with van der Waals surface area (Å²) in [5, 5.41) is 9.91. The molecule has 2 aromatic heterocycles. The van der Waals surface area contributed by atoms with Gasteiger partial charge in [0, 0.05) is 56.4 Å². The molecule has 126 valence electrons. The molecule has 2 N–H and O–H groups in total. The smallest absolute Gasteiger partial charge is 0.313 e. The molecule has 4 rings (SSSR count). The van der Waals surface area contributed by atoms with Crippen molar-refractivity contribution in [1.29, 1.82) is 0 Å². The molecular weight excluding hydrogens is 308 g/mol. The molecule has 0 radical (unpaired) electrons. The molecule has 2 aliphatic rings. The van der Waals surface area contributed by atoms with Gasteiger partial charge in [0.25, 0.3) is 0 Å². The zero-order valence-electron chi connectivity index (χ0n) is 13.5. The van der Waals surface area contributed by atoms with Crippen molar-refractivity contribution in [1.82, 2.24) is 24.8 Å². The number of aromatic nitrogens is 4. The number of aromatic amines is 1. The van der Waals surface area contributed by atoms with Crippen LogP contribution in [0.1, 0.15) is 11.5 Å². The molecule has 8 nitrogen and oxygen atoms in total. The summed E-state index contributed by atoms with van der Waals surface area (Å²) >= 11 is 0. The van der Waals surface area contributed by atoms with Crippen molar-refractivity contribution in [2.75, 3.05) is 31.1 Å². The first-order valence-electron chi connectivity index (χ1n) is 8.05. The highest BCUT2D eigenvalue weighted by Gasteiger charge is 2.58. The van der Waals surface area contributed by atoms with Crippen molar-refractivity contribution >= 4 is 11.9 Å². The van der Waals surface area contributed by atoms with Crippen molar-refractivity contribution in [3.05, 3.63) is 36.2 Å². The normalized spacial score (nSPS) is 26.7. The van der Waals surface area contributed by atoms with E-state index in [1.54, 1.807) is 24.7 Å². The van der Waals surface area contributed by atoms with Gasteiger partial charge in [-0.15, -0.1) is 0 Å². The number of aryl methyl sites for hydroxylation is 1. The summed E-state index contributed by atoms with van der Waals surface area (Å²) < 4.78 is 0. The van der Waals surface area contributed by atoms with Crippen molar-refractivity contribution < 1.29 is 9.90 Å². The van der Waals surface area contributed by atoms with E-state index in [-0.39, 0.29) is 5.92 Å². The van der Waals surface area contributed by atoms with Crippen LogP contribution in [0.15, 0.2) is 24.7 Å². The largest absolute Gasteiger partial charge is 0.481 e. The van der Waals surface area contributed by atoms with E-state index in [0.717, 1.165) is 18.1 Å². The number of carboxylic acids is 1. The van der Waals surface area contributed by atoms with Gasteiger partial charge in [0.15, 0.2) is 0 Å². The summed E-state index contributed by atoms with van der Waals surface area (Å²) in [5.74, 6) is 0.830. The van der Waals surface area contributed by atoms with Crippen LogP contribution in [0.3, 0.4) is 0 Å². The molecule has 0 aliphatic carbocycles. The number of hydrogen-bond donors (Lipinski definition) is 2. The van der Waals surface area contributed by atoms with Crippen LogP contribution in [0, 0.1) is 18.3 Å². The van der Waals surface area contributed by atoms with Crippen molar-refractivity contribution in [3.63, 3.8) is 0 Å². The third kappa shape index (κ3) is 2.43. The van der Waals surface area contributed by atoms with E-state index in [9.17, 15) is 9.90 Å². The number of nitrogens with one attached hydrogen (secondary N) is 1. The lowest BCUT2D eigenvalue weighted by Gasteiger charge is -2.25. The zero-order chi connectivity index (χ0) is 16.7. The standard InChI is InChI=1S/C16H20N6O2/c1-11-5-19-13(20-11)8-21-6-12-7-22(15-17-3-2-4-18-15)10-16(12,9-21)14(23)24/h2-5,12H,6-10H2,1H3,(H,19,20)(H,23,24)/t12-,16-/m1/s1. The fourth-order valence-electron chi connectivity index (χ4n) is 3.96. The number of imidazole rings is 1. The predicted octanol–water partition coefficient (Wildman–Crippen LogP) is 0.531. The molecule has 0 spiro atoms. The number of carbonyl (C=O) groups is 1. The number of hydrogen-bond acceptors (Lipinski definition) is 6. The first kappa shape index (κ1) is 15.1. The maximum atomic E-state index is 12.1. The van der Waals surface area contributed by atoms with Gasteiger partial charge in [0.1, 0.15) is 11.2 Å². The molecule has 2 atom stereocenters. The van der Waals surface area contributed by atoms with Gasteiger partial charge in [-0.1, -0.05) is 0 Å². The third-order valence-corrected chi connectivity index (χ3v) is 5.07. The maximum Gasteiger partial charge on any atom is 0.313 e. The van der Waals surface area contributed by atoms with Crippen LogP contribution in [-0.4, -0.2) is 62.1 Å². The van der Waals surface area contributed by atoms with Crippen molar-refractivity contribution in [2.24, 2.45) is 11.3 Å². The molecule has 4 heterocycles. The fraction of sp³-hybridized carbons (Fsp3) is 0.500. The molecule has 2 aliphatic heterocycles. The SMILES string of the molecule is Cc1cnc(CN2C[C@@H]3CN(c4ncccn4)C[C@]3(C(=O)O)C2)[nH]1. The number of H-pyrrole nitrogens is 1. The van der Waals surface area contributed by atoms with Gasteiger partial charge in [-0.3, -0.25) is 9.69 Å². The zero-order valence-corrected chi connectivity index (χ0v) is 13.5. The van der Waals surface area contributed by atoms with Gasteiger partial charge >= 0.3 is 5.97 Å². The molecule has 0 saturated carbocycles. The lowest BCUT2D eigenvalue weighted by molar-refractivity contribution is -0.148. The van der Waals surface area contributed by atoms with E-state index in [1.807, 2.05) is 11.8 Å². The Bertz CT molecular complexity index is 748.